The molecule has 58 heavy (non-hydrogen) atoms. The summed E-state index contributed by atoms with van der Waals surface area (Å²) in [4.78, 5) is 2.60. The van der Waals surface area contributed by atoms with Crippen molar-refractivity contribution in [2.45, 2.75) is 63.7 Å². The molecule has 0 aliphatic carbocycles. The van der Waals surface area contributed by atoms with E-state index in [4.69, 9.17) is 11.6 Å². The Hall–Kier alpha value is -5.64. The number of anilines is 1. The lowest BCUT2D eigenvalue weighted by Gasteiger charge is -2.34. The van der Waals surface area contributed by atoms with E-state index in [-0.39, 0.29) is 11.2 Å². The van der Waals surface area contributed by atoms with E-state index in [1.807, 2.05) is 18.2 Å². The molecule has 6 aromatic carbocycles. The molecule has 1 atom stereocenters. The zero-order valence-corrected chi connectivity index (χ0v) is 34.8. The van der Waals surface area contributed by atoms with E-state index in [2.05, 4.69) is 182 Å². The minimum atomic E-state index is -0.400. The molecule has 1 N–H and O–H groups in total. The Bertz CT molecular complexity index is 2470. The van der Waals surface area contributed by atoms with Crippen molar-refractivity contribution in [3.63, 3.8) is 0 Å². The lowest BCUT2D eigenvalue weighted by molar-refractivity contribution is -0.433. The highest BCUT2D eigenvalue weighted by Crippen LogP contribution is 2.55. The van der Waals surface area contributed by atoms with Crippen LogP contribution in [0.15, 0.2) is 176 Å². The molecule has 4 heteroatoms. The van der Waals surface area contributed by atoms with Gasteiger partial charge in [-0.2, -0.15) is 4.58 Å². The third-order valence-corrected chi connectivity index (χ3v) is 12.6. The third kappa shape index (κ3) is 7.33. The van der Waals surface area contributed by atoms with Crippen molar-refractivity contribution in [1.29, 1.82) is 0 Å². The molecule has 0 bridgehead atoms. The minimum Gasteiger partial charge on any atom is -0.508 e. The first kappa shape index (κ1) is 39.2. The maximum atomic E-state index is 10.3. The van der Waals surface area contributed by atoms with Gasteiger partial charge in [-0.05, 0) is 114 Å². The molecule has 0 saturated heterocycles. The molecule has 0 amide bonds. The predicted molar refractivity (Wildman–Crippen MR) is 245 cm³/mol. The Morgan fingerprint density at radius 2 is 1.40 bits per heavy atom. The number of halogens is 1. The highest BCUT2D eigenvalue weighted by atomic mass is 35.5. The van der Waals surface area contributed by atoms with Gasteiger partial charge < -0.3 is 10.0 Å². The standard InChI is InChI=1S/C54H53ClN2O/c1-5-33-53(36-42-24-28-45(58)29-25-42)50(57(34-32-39(3)4)49-30-26-43-20-13-14-21-46(43)52(49)53)22-15-23-51-54(37-40-16-9-7-10-17-40,38-41-18-11-8-12-19-41)47-35-44(55)27-31-48(47)56(51)6-2/h5,7-31,35,39H,1,6,32-34,36-38H2,2-4H3/p+1. The molecule has 292 valence electrons. The van der Waals surface area contributed by atoms with Gasteiger partial charge in [-0.25, -0.2) is 0 Å². The van der Waals surface area contributed by atoms with Gasteiger partial charge in [0.1, 0.15) is 12.3 Å². The summed E-state index contributed by atoms with van der Waals surface area (Å²) >= 11 is 6.89. The number of benzene rings is 6. The van der Waals surface area contributed by atoms with Gasteiger partial charge in [0.25, 0.3) is 0 Å². The second-order valence-electron chi connectivity index (χ2n) is 16.5. The molecule has 0 spiro atoms. The summed E-state index contributed by atoms with van der Waals surface area (Å²) in [5, 5.41) is 13.6. The summed E-state index contributed by atoms with van der Waals surface area (Å²) < 4.78 is 2.51. The van der Waals surface area contributed by atoms with Crippen LogP contribution in [0, 0.1) is 5.92 Å². The average molecular weight is 782 g/mol. The van der Waals surface area contributed by atoms with E-state index < -0.39 is 5.41 Å². The molecule has 2 aliphatic heterocycles. The number of aromatic hydroxyl groups is 1. The zero-order chi connectivity index (χ0) is 40.3. The maximum absolute atomic E-state index is 10.3. The molecule has 0 saturated carbocycles. The Morgan fingerprint density at radius 1 is 0.759 bits per heavy atom. The van der Waals surface area contributed by atoms with Gasteiger partial charge in [0.15, 0.2) is 5.71 Å². The summed E-state index contributed by atoms with van der Waals surface area (Å²) in [5.74, 6) is 0.822. The van der Waals surface area contributed by atoms with Gasteiger partial charge in [0, 0.05) is 46.1 Å². The number of hydrogen-bond donors (Lipinski definition) is 1. The van der Waals surface area contributed by atoms with E-state index in [1.54, 1.807) is 0 Å². The van der Waals surface area contributed by atoms with Crippen molar-refractivity contribution in [2.24, 2.45) is 5.92 Å². The highest BCUT2D eigenvalue weighted by molar-refractivity contribution is 6.30. The predicted octanol–water partition coefficient (Wildman–Crippen LogP) is 13.1. The molecule has 6 aromatic rings. The maximum Gasteiger partial charge on any atom is 0.209 e. The van der Waals surface area contributed by atoms with Crippen LogP contribution in [0.4, 0.5) is 11.4 Å². The van der Waals surface area contributed by atoms with E-state index in [1.165, 1.54) is 61.4 Å². The molecule has 0 aromatic heterocycles. The number of fused-ring (bicyclic) bond motifs is 4. The Morgan fingerprint density at radius 3 is 2.05 bits per heavy atom. The quantitative estimate of drug-likeness (QED) is 0.0880. The van der Waals surface area contributed by atoms with Crippen molar-refractivity contribution >= 4 is 39.5 Å². The van der Waals surface area contributed by atoms with Crippen LogP contribution in [0.25, 0.3) is 10.8 Å². The van der Waals surface area contributed by atoms with Crippen LogP contribution in [-0.2, 0) is 30.1 Å². The van der Waals surface area contributed by atoms with Crippen LogP contribution in [0.3, 0.4) is 0 Å². The lowest BCUT2D eigenvalue weighted by atomic mass is 9.69. The smallest absolute Gasteiger partial charge is 0.209 e. The number of nitrogens with zero attached hydrogens (tertiary/aromatic N) is 2. The van der Waals surface area contributed by atoms with E-state index >= 15 is 0 Å². The van der Waals surface area contributed by atoms with Crippen molar-refractivity contribution in [3.8, 4) is 5.75 Å². The third-order valence-electron chi connectivity index (χ3n) is 12.4. The summed E-state index contributed by atoms with van der Waals surface area (Å²) in [6, 6.07) is 49.5. The molecule has 1 unspecified atom stereocenters. The molecule has 2 aliphatic rings. The summed E-state index contributed by atoms with van der Waals surface area (Å²) in [6.07, 6.45) is 13.5. The van der Waals surface area contributed by atoms with Crippen LogP contribution in [0.1, 0.15) is 61.4 Å². The molecular formula is C54H54ClN2O+. The monoisotopic (exact) mass is 781 g/mol. The van der Waals surface area contributed by atoms with Crippen LogP contribution < -0.4 is 4.90 Å². The fourth-order valence-corrected chi connectivity index (χ4v) is 10.0. The lowest BCUT2D eigenvalue weighted by Crippen LogP contribution is -2.39. The molecule has 2 heterocycles. The van der Waals surface area contributed by atoms with E-state index in [9.17, 15) is 5.11 Å². The molecule has 0 fully saturated rings. The number of allylic oxidation sites excluding steroid dienone is 5. The fraction of sp³-hybridized carbons (Fsp3) is 0.241. The van der Waals surface area contributed by atoms with Gasteiger partial charge in [0.05, 0.1) is 5.41 Å². The first-order valence-corrected chi connectivity index (χ1v) is 21.2. The normalized spacial score (nSPS) is 17.8. The number of rotatable bonds is 14. The number of phenolic OH excluding ortho intramolecular Hbond substituents is 1. The van der Waals surface area contributed by atoms with Crippen LogP contribution in [-0.4, -0.2) is 28.5 Å². The molecule has 3 nitrogen and oxygen atoms in total. The number of phenols is 1. The Kier molecular flexibility index (Phi) is 11.3. The van der Waals surface area contributed by atoms with Crippen LogP contribution >= 0.6 is 11.6 Å². The summed E-state index contributed by atoms with van der Waals surface area (Å²) in [5.41, 5.74) is 10.7. The van der Waals surface area contributed by atoms with Gasteiger partial charge >= 0.3 is 0 Å². The Labute approximate surface area is 350 Å². The van der Waals surface area contributed by atoms with Crippen molar-refractivity contribution in [1.82, 2.24) is 0 Å². The van der Waals surface area contributed by atoms with Gasteiger partial charge in [0.2, 0.25) is 5.69 Å². The molecular weight excluding hydrogens is 728 g/mol. The first-order valence-electron chi connectivity index (χ1n) is 20.9. The van der Waals surface area contributed by atoms with Crippen molar-refractivity contribution in [2.75, 3.05) is 18.0 Å². The SMILES string of the molecule is C=CCC1(Cc2ccc(O)cc2)/C(=C\C=C\C2=[N+](CC)c3ccc(Cl)cc3C2(Cc2ccccc2)Cc2ccccc2)N(CCC(C)C)c2ccc3ccccc3c21. The average Bonchev–Trinajstić information content (AvgIpc) is 3.63. The van der Waals surface area contributed by atoms with Gasteiger partial charge in [-0.3, -0.25) is 0 Å². The second kappa shape index (κ2) is 16.7. The number of hydrogen-bond acceptors (Lipinski definition) is 2. The van der Waals surface area contributed by atoms with Crippen LogP contribution in [0.5, 0.6) is 5.75 Å². The fourth-order valence-electron chi connectivity index (χ4n) is 9.84. The van der Waals surface area contributed by atoms with Crippen molar-refractivity contribution < 1.29 is 9.68 Å². The van der Waals surface area contributed by atoms with Gasteiger partial charge in [-0.15, -0.1) is 6.58 Å². The second-order valence-corrected chi connectivity index (χ2v) is 17.0. The van der Waals surface area contributed by atoms with E-state index in [0.717, 1.165) is 50.2 Å². The summed E-state index contributed by atoms with van der Waals surface area (Å²) in [7, 11) is 0. The topological polar surface area (TPSA) is 26.5 Å². The zero-order valence-electron chi connectivity index (χ0n) is 34.0. The van der Waals surface area contributed by atoms with E-state index in [0.29, 0.717) is 5.92 Å². The van der Waals surface area contributed by atoms with Crippen molar-refractivity contribution in [3.05, 3.63) is 209 Å². The minimum absolute atomic E-state index is 0.280. The largest absolute Gasteiger partial charge is 0.508 e. The van der Waals surface area contributed by atoms with Crippen LogP contribution in [0.2, 0.25) is 5.02 Å². The summed E-state index contributed by atoms with van der Waals surface area (Å²) in [6.45, 7) is 13.0. The molecule has 8 rings (SSSR count). The first-order chi connectivity index (χ1) is 28.3. The molecule has 0 radical (unpaired) electrons. The highest BCUT2D eigenvalue weighted by Gasteiger charge is 2.51. The van der Waals surface area contributed by atoms with Gasteiger partial charge in [-0.1, -0.05) is 141 Å². The Balaban J connectivity index is 1.36.